The summed E-state index contributed by atoms with van der Waals surface area (Å²) in [5, 5.41) is 0. The Morgan fingerprint density at radius 3 is 1.60 bits per heavy atom. The standard InChI is InChI=1S/C20H27NO9/c1-11(2)21(16(19(24)29-6)20(25)30-7)13-9-8-12(10-14(13)26-3)15(17(22)27-4)18(23)28-5/h8-11,15-16H,1-7H3. The van der Waals surface area contributed by atoms with Gasteiger partial charge in [-0.15, -0.1) is 0 Å². The van der Waals surface area contributed by atoms with Crippen molar-refractivity contribution in [1.29, 1.82) is 0 Å². The molecular weight excluding hydrogens is 398 g/mol. The zero-order chi connectivity index (χ0) is 23.0. The molecule has 0 atom stereocenters. The van der Waals surface area contributed by atoms with Crippen LogP contribution in [-0.2, 0) is 38.1 Å². The Morgan fingerprint density at radius 1 is 0.767 bits per heavy atom. The highest BCUT2D eigenvalue weighted by Gasteiger charge is 2.39. The van der Waals surface area contributed by atoms with Crippen LogP contribution in [0.25, 0.3) is 0 Å². The van der Waals surface area contributed by atoms with Crippen molar-refractivity contribution in [2.75, 3.05) is 40.4 Å². The van der Waals surface area contributed by atoms with Crippen molar-refractivity contribution in [2.45, 2.75) is 31.8 Å². The minimum Gasteiger partial charge on any atom is -0.495 e. The molecule has 10 nitrogen and oxygen atoms in total. The van der Waals surface area contributed by atoms with Crippen LogP contribution >= 0.6 is 0 Å². The van der Waals surface area contributed by atoms with Gasteiger partial charge in [-0.05, 0) is 31.5 Å². The number of nitrogens with zero attached hydrogens (tertiary/aromatic N) is 1. The third-order valence-electron chi connectivity index (χ3n) is 4.37. The highest BCUT2D eigenvalue weighted by atomic mass is 16.6. The molecule has 1 rings (SSSR count). The zero-order valence-electron chi connectivity index (χ0n) is 18.1. The first-order valence-electron chi connectivity index (χ1n) is 8.95. The molecule has 10 heteroatoms. The number of carbonyl (C=O) groups is 4. The van der Waals surface area contributed by atoms with E-state index in [0.717, 1.165) is 28.4 Å². The largest absolute Gasteiger partial charge is 0.495 e. The van der Waals surface area contributed by atoms with Crippen molar-refractivity contribution in [3.8, 4) is 5.75 Å². The van der Waals surface area contributed by atoms with Crippen molar-refractivity contribution < 1.29 is 42.9 Å². The molecule has 0 heterocycles. The van der Waals surface area contributed by atoms with Crippen molar-refractivity contribution in [3.05, 3.63) is 23.8 Å². The van der Waals surface area contributed by atoms with E-state index in [1.807, 2.05) is 0 Å². The Kier molecular flexibility index (Phi) is 9.10. The maximum absolute atomic E-state index is 12.3. The van der Waals surface area contributed by atoms with Gasteiger partial charge in [-0.25, -0.2) is 9.59 Å². The monoisotopic (exact) mass is 425 g/mol. The van der Waals surface area contributed by atoms with E-state index in [0.29, 0.717) is 5.69 Å². The number of anilines is 1. The number of benzene rings is 1. The molecule has 0 N–H and O–H groups in total. The molecule has 0 bridgehead atoms. The maximum Gasteiger partial charge on any atom is 0.340 e. The van der Waals surface area contributed by atoms with Gasteiger partial charge in [-0.1, -0.05) is 6.07 Å². The summed E-state index contributed by atoms with van der Waals surface area (Å²) in [6.45, 7) is 3.52. The molecule has 0 spiro atoms. The average molecular weight is 425 g/mol. The molecule has 0 fully saturated rings. The van der Waals surface area contributed by atoms with Gasteiger partial charge in [-0.3, -0.25) is 9.59 Å². The van der Waals surface area contributed by atoms with Crippen LogP contribution in [0.4, 0.5) is 5.69 Å². The Morgan fingerprint density at radius 2 is 1.23 bits per heavy atom. The fourth-order valence-corrected chi connectivity index (χ4v) is 2.95. The van der Waals surface area contributed by atoms with E-state index in [1.165, 1.54) is 30.2 Å². The number of carbonyl (C=O) groups excluding carboxylic acids is 4. The summed E-state index contributed by atoms with van der Waals surface area (Å²) in [7, 11) is 6.00. The zero-order valence-corrected chi connectivity index (χ0v) is 18.1. The number of esters is 4. The molecule has 1 aromatic carbocycles. The lowest BCUT2D eigenvalue weighted by molar-refractivity contribution is -0.155. The van der Waals surface area contributed by atoms with Crippen molar-refractivity contribution in [1.82, 2.24) is 0 Å². The Hall–Kier alpha value is -3.30. The van der Waals surface area contributed by atoms with Gasteiger partial charge in [0.2, 0.25) is 6.04 Å². The van der Waals surface area contributed by atoms with Gasteiger partial charge >= 0.3 is 23.9 Å². The summed E-state index contributed by atoms with van der Waals surface area (Å²) in [6.07, 6.45) is 0. The van der Waals surface area contributed by atoms with Crippen LogP contribution in [-0.4, -0.2) is 71.5 Å². The second kappa shape index (κ2) is 11.0. The SMILES string of the molecule is COC(=O)C(C(=O)OC)c1ccc(N(C(C)C)C(C(=O)OC)C(=O)OC)c(OC)c1. The van der Waals surface area contributed by atoms with Gasteiger partial charge < -0.3 is 28.6 Å². The van der Waals surface area contributed by atoms with Gasteiger partial charge in [0.15, 0.2) is 5.92 Å². The van der Waals surface area contributed by atoms with Crippen LogP contribution < -0.4 is 9.64 Å². The fraction of sp³-hybridized carbons (Fsp3) is 0.500. The summed E-state index contributed by atoms with van der Waals surface area (Å²) in [5.74, 6) is -4.37. The number of hydrogen-bond donors (Lipinski definition) is 0. The lowest BCUT2D eigenvalue weighted by Gasteiger charge is -2.34. The second-order valence-corrected chi connectivity index (χ2v) is 6.36. The summed E-state index contributed by atoms with van der Waals surface area (Å²) in [6, 6.07) is 2.69. The first-order valence-corrected chi connectivity index (χ1v) is 8.95. The highest BCUT2D eigenvalue weighted by Crippen LogP contribution is 2.35. The van der Waals surface area contributed by atoms with E-state index in [2.05, 4.69) is 0 Å². The highest BCUT2D eigenvalue weighted by molar-refractivity contribution is 6.03. The third kappa shape index (κ3) is 5.19. The van der Waals surface area contributed by atoms with Crippen LogP contribution in [0.2, 0.25) is 0 Å². The van der Waals surface area contributed by atoms with Gasteiger partial charge in [0.25, 0.3) is 0 Å². The van der Waals surface area contributed by atoms with E-state index in [4.69, 9.17) is 23.7 Å². The van der Waals surface area contributed by atoms with Crippen LogP contribution in [0.15, 0.2) is 18.2 Å². The lowest BCUT2D eigenvalue weighted by Crippen LogP contribution is -2.51. The molecule has 0 saturated heterocycles. The van der Waals surface area contributed by atoms with Gasteiger partial charge in [0.1, 0.15) is 5.75 Å². The topological polar surface area (TPSA) is 118 Å². The molecular formula is C20H27NO9. The van der Waals surface area contributed by atoms with Crippen LogP contribution in [0.1, 0.15) is 25.3 Å². The third-order valence-corrected chi connectivity index (χ3v) is 4.37. The second-order valence-electron chi connectivity index (χ2n) is 6.36. The molecule has 0 aromatic heterocycles. The first-order chi connectivity index (χ1) is 14.2. The van der Waals surface area contributed by atoms with Crippen molar-refractivity contribution in [3.63, 3.8) is 0 Å². The molecule has 0 saturated carbocycles. The summed E-state index contributed by atoms with van der Waals surface area (Å²) < 4.78 is 24.4. The minimum atomic E-state index is -1.39. The van der Waals surface area contributed by atoms with E-state index in [1.54, 1.807) is 13.8 Å². The Balaban J connectivity index is 3.62. The molecule has 0 aliphatic rings. The number of hydrogen-bond acceptors (Lipinski definition) is 10. The summed E-state index contributed by atoms with van der Waals surface area (Å²) in [4.78, 5) is 50.3. The predicted octanol–water partition coefficient (Wildman–Crippen LogP) is 1.05. The molecule has 0 aliphatic heterocycles. The molecule has 0 radical (unpaired) electrons. The van der Waals surface area contributed by atoms with Gasteiger partial charge in [0, 0.05) is 6.04 Å². The van der Waals surface area contributed by atoms with Crippen molar-refractivity contribution in [2.24, 2.45) is 0 Å². The molecule has 1 aromatic rings. The summed E-state index contributed by atoms with van der Waals surface area (Å²) in [5.41, 5.74) is 0.608. The van der Waals surface area contributed by atoms with Crippen LogP contribution in [0.3, 0.4) is 0 Å². The van der Waals surface area contributed by atoms with E-state index in [9.17, 15) is 19.2 Å². The van der Waals surface area contributed by atoms with Crippen LogP contribution in [0, 0.1) is 0 Å². The molecule has 30 heavy (non-hydrogen) atoms. The van der Waals surface area contributed by atoms with Crippen LogP contribution in [0.5, 0.6) is 5.75 Å². The fourth-order valence-electron chi connectivity index (χ4n) is 2.95. The quantitative estimate of drug-likeness (QED) is 0.323. The van der Waals surface area contributed by atoms with E-state index >= 15 is 0 Å². The molecule has 166 valence electrons. The van der Waals surface area contributed by atoms with Gasteiger partial charge in [0.05, 0.1) is 41.2 Å². The molecule has 0 aliphatic carbocycles. The smallest absolute Gasteiger partial charge is 0.340 e. The lowest BCUT2D eigenvalue weighted by atomic mass is 9.97. The molecule has 0 unspecified atom stereocenters. The van der Waals surface area contributed by atoms with E-state index in [-0.39, 0.29) is 17.4 Å². The van der Waals surface area contributed by atoms with Crippen molar-refractivity contribution >= 4 is 29.6 Å². The average Bonchev–Trinajstić information content (AvgIpc) is 2.75. The maximum atomic E-state index is 12.3. The number of ether oxygens (including phenoxy) is 5. The first kappa shape index (κ1) is 24.7. The Labute approximate surface area is 175 Å². The number of rotatable bonds is 9. The van der Waals surface area contributed by atoms with Gasteiger partial charge in [-0.2, -0.15) is 0 Å². The number of methoxy groups -OCH3 is 5. The van der Waals surface area contributed by atoms with E-state index < -0.39 is 35.8 Å². The molecule has 0 amide bonds. The predicted molar refractivity (Wildman–Crippen MR) is 105 cm³/mol. The Bertz CT molecular complexity index is 758. The summed E-state index contributed by atoms with van der Waals surface area (Å²) >= 11 is 0. The minimum absolute atomic E-state index is 0.205. The normalized spacial score (nSPS) is 10.6.